The zero-order valence-electron chi connectivity index (χ0n) is 13.7. The van der Waals surface area contributed by atoms with Crippen molar-refractivity contribution < 1.29 is 0 Å². The maximum absolute atomic E-state index is 6.01. The summed E-state index contributed by atoms with van der Waals surface area (Å²) in [6.07, 6.45) is 3.57. The summed E-state index contributed by atoms with van der Waals surface area (Å²) in [5.74, 6) is 1.16. The van der Waals surface area contributed by atoms with Crippen LogP contribution in [0.1, 0.15) is 32.3 Å². The minimum atomic E-state index is 0. The molecule has 1 atom stereocenters. The van der Waals surface area contributed by atoms with Gasteiger partial charge >= 0.3 is 0 Å². The average molecular weight is 416 g/mol. The van der Waals surface area contributed by atoms with E-state index in [2.05, 4.69) is 47.3 Å². The third-order valence-electron chi connectivity index (χ3n) is 4.18. The van der Waals surface area contributed by atoms with Crippen molar-refractivity contribution in [1.82, 2.24) is 4.90 Å². The number of nitrogens with one attached hydrogen (secondary N) is 1. The van der Waals surface area contributed by atoms with E-state index in [-0.39, 0.29) is 24.0 Å². The number of rotatable bonds is 5. The molecular formula is C17H29IN4. The SMILES string of the molecule is CCc1cccc(NC(N)=NCC2CCCN(CC)C2)c1.I. The molecule has 1 aliphatic heterocycles. The van der Waals surface area contributed by atoms with Gasteiger partial charge in [-0.2, -0.15) is 0 Å². The van der Waals surface area contributed by atoms with Crippen LogP contribution in [-0.4, -0.2) is 37.0 Å². The molecule has 124 valence electrons. The van der Waals surface area contributed by atoms with Crippen LogP contribution in [0.2, 0.25) is 0 Å². The Labute approximate surface area is 151 Å². The number of nitrogens with two attached hydrogens (primary N) is 1. The number of anilines is 1. The van der Waals surface area contributed by atoms with Crippen LogP contribution in [0.25, 0.3) is 0 Å². The van der Waals surface area contributed by atoms with E-state index in [1.165, 1.54) is 24.9 Å². The lowest BCUT2D eigenvalue weighted by molar-refractivity contribution is 0.187. The zero-order valence-corrected chi connectivity index (χ0v) is 16.0. The van der Waals surface area contributed by atoms with Crippen molar-refractivity contribution in [2.75, 3.05) is 31.5 Å². The monoisotopic (exact) mass is 416 g/mol. The first kappa shape index (κ1) is 19.2. The lowest BCUT2D eigenvalue weighted by atomic mass is 9.98. The molecule has 5 heteroatoms. The fourth-order valence-corrected chi connectivity index (χ4v) is 2.87. The highest BCUT2D eigenvalue weighted by molar-refractivity contribution is 14.0. The fourth-order valence-electron chi connectivity index (χ4n) is 2.87. The molecule has 0 saturated carbocycles. The molecule has 2 rings (SSSR count). The quantitative estimate of drug-likeness (QED) is 0.440. The number of benzene rings is 1. The number of hydrogen-bond donors (Lipinski definition) is 2. The molecule has 4 nitrogen and oxygen atoms in total. The minimum Gasteiger partial charge on any atom is -0.370 e. The van der Waals surface area contributed by atoms with Crippen LogP contribution in [-0.2, 0) is 6.42 Å². The van der Waals surface area contributed by atoms with Gasteiger partial charge < -0.3 is 16.0 Å². The molecule has 0 aromatic heterocycles. The maximum Gasteiger partial charge on any atom is 0.193 e. The van der Waals surface area contributed by atoms with Crippen molar-refractivity contribution in [3.8, 4) is 0 Å². The van der Waals surface area contributed by atoms with Gasteiger partial charge in [0.25, 0.3) is 0 Å². The smallest absolute Gasteiger partial charge is 0.193 e. The van der Waals surface area contributed by atoms with E-state index in [1.807, 2.05) is 6.07 Å². The summed E-state index contributed by atoms with van der Waals surface area (Å²) in [5, 5.41) is 3.20. The van der Waals surface area contributed by atoms with Crippen molar-refractivity contribution in [3.63, 3.8) is 0 Å². The second-order valence-electron chi connectivity index (χ2n) is 5.81. The lowest BCUT2D eigenvalue weighted by Gasteiger charge is -2.30. The average Bonchev–Trinajstić information content (AvgIpc) is 2.53. The molecule has 1 aromatic carbocycles. The van der Waals surface area contributed by atoms with Crippen LogP contribution in [0.4, 0.5) is 5.69 Å². The number of hydrogen-bond acceptors (Lipinski definition) is 2. The van der Waals surface area contributed by atoms with Crippen LogP contribution in [0.5, 0.6) is 0 Å². The standard InChI is InChI=1S/C17H28N4.HI/c1-3-14-7-5-9-16(11-14)20-17(18)19-12-15-8-6-10-21(4-2)13-15;/h5,7,9,11,15H,3-4,6,8,10,12-13H2,1-2H3,(H3,18,19,20);1H. The highest BCUT2D eigenvalue weighted by Crippen LogP contribution is 2.16. The molecule has 0 spiro atoms. The number of nitrogens with zero attached hydrogens (tertiary/aromatic N) is 2. The number of halogens is 1. The van der Waals surface area contributed by atoms with Gasteiger partial charge in [-0.25, -0.2) is 0 Å². The summed E-state index contributed by atoms with van der Waals surface area (Å²) in [7, 11) is 0. The zero-order chi connectivity index (χ0) is 15.1. The van der Waals surface area contributed by atoms with Gasteiger partial charge in [-0.15, -0.1) is 24.0 Å². The first-order valence-corrected chi connectivity index (χ1v) is 8.09. The molecule has 0 bridgehead atoms. The van der Waals surface area contributed by atoms with Gasteiger partial charge in [0, 0.05) is 18.8 Å². The number of aliphatic imine (C=N–C) groups is 1. The second kappa shape index (κ2) is 10.0. The van der Waals surface area contributed by atoms with Crippen LogP contribution in [0.15, 0.2) is 29.3 Å². The van der Waals surface area contributed by atoms with E-state index >= 15 is 0 Å². The molecule has 1 aromatic rings. The number of guanidine groups is 1. The molecule has 3 N–H and O–H groups in total. The van der Waals surface area contributed by atoms with Crippen molar-refractivity contribution in [1.29, 1.82) is 0 Å². The lowest BCUT2D eigenvalue weighted by Crippen LogP contribution is -2.36. The van der Waals surface area contributed by atoms with Crippen molar-refractivity contribution in [3.05, 3.63) is 29.8 Å². The van der Waals surface area contributed by atoms with Crippen LogP contribution in [0.3, 0.4) is 0 Å². The Hall–Kier alpha value is -0.820. The van der Waals surface area contributed by atoms with Crippen LogP contribution < -0.4 is 11.1 Å². The number of likely N-dealkylation sites (tertiary alicyclic amines) is 1. The van der Waals surface area contributed by atoms with Gasteiger partial charge in [-0.3, -0.25) is 4.99 Å². The van der Waals surface area contributed by atoms with Gasteiger partial charge in [0.2, 0.25) is 0 Å². The summed E-state index contributed by atoms with van der Waals surface area (Å²) in [6.45, 7) is 8.72. The van der Waals surface area contributed by atoms with Crippen molar-refractivity contribution in [2.45, 2.75) is 33.1 Å². The number of aryl methyl sites for hydroxylation is 1. The third kappa shape index (κ3) is 6.12. The minimum absolute atomic E-state index is 0. The van der Waals surface area contributed by atoms with Crippen LogP contribution >= 0.6 is 24.0 Å². The summed E-state index contributed by atoms with van der Waals surface area (Å²) in [5.41, 5.74) is 8.33. The summed E-state index contributed by atoms with van der Waals surface area (Å²) in [4.78, 5) is 7.02. The Kier molecular flexibility index (Phi) is 8.78. The topological polar surface area (TPSA) is 53.6 Å². The van der Waals surface area contributed by atoms with E-state index in [0.717, 1.165) is 31.7 Å². The molecule has 1 fully saturated rings. The maximum atomic E-state index is 6.01. The van der Waals surface area contributed by atoms with E-state index < -0.39 is 0 Å². The van der Waals surface area contributed by atoms with Gasteiger partial charge in [-0.05, 0) is 56.0 Å². The van der Waals surface area contributed by atoms with Gasteiger partial charge in [0.15, 0.2) is 5.96 Å². The highest BCUT2D eigenvalue weighted by Gasteiger charge is 2.18. The first-order chi connectivity index (χ1) is 10.2. The molecule has 1 saturated heterocycles. The van der Waals surface area contributed by atoms with E-state index in [0.29, 0.717) is 11.9 Å². The first-order valence-electron chi connectivity index (χ1n) is 8.09. The Bertz CT molecular complexity index is 475. The van der Waals surface area contributed by atoms with Gasteiger partial charge in [-0.1, -0.05) is 26.0 Å². The van der Waals surface area contributed by atoms with Gasteiger partial charge in [0.05, 0.1) is 0 Å². The van der Waals surface area contributed by atoms with E-state index in [9.17, 15) is 0 Å². The summed E-state index contributed by atoms with van der Waals surface area (Å²) >= 11 is 0. The van der Waals surface area contributed by atoms with E-state index in [4.69, 9.17) is 5.73 Å². The molecule has 1 heterocycles. The van der Waals surface area contributed by atoms with Crippen molar-refractivity contribution >= 4 is 35.6 Å². The van der Waals surface area contributed by atoms with Crippen LogP contribution in [0, 0.1) is 5.92 Å². The highest BCUT2D eigenvalue weighted by atomic mass is 127. The summed E-state index contributed by atoms with van der Waals surface area (Å²) < 4.78 is 0. The Morgan fingerprint density at radius 1 is 1.41 bits per heavy atom. The molecule has 1 unspecified atom stereocenters. The normalized spacial score (nSPS) is 19.5. The van der Waals surface area contributed by atoms with Gasteiger partial charge in [0.1, 0.15) is 0 Å². The predicted molar refractivity (Wildman–Crippen MR) is 106 cm³/mol. The molecule has 0 aliphatic carbocycles. The summed E-state index contributed by atoms with van der Waals surface area (Å²) in [6, 6.07) is 8.33. The molecule has 1 aliphatic rings. The third-order valence-corrected chi connectivity index (χ3v) is 4.18. The Balaban J connectivity index is 0.00000242. The Morgan fingerprint density at radius 2 is 2.23 bits per heavy atom. The largest absolute Gasteiger partial charge is 0.370 e. The van der Waals surface area contributed by atoms with Crippen molar-refractivity contribution in [2.24, 2.45) is 16.6 Å². The number of piperidine rings is 1. The Morgan fingerprint density at radius 3 is 2.95 bits per heavy atom. The predicted octanol–water partition coefficient (Wildman–Crippen LogP) is 3.33. The molecule has 22 heavy (non-hydrogen) atoms. The second-order valence-corrected chi connectivity index (χ2v) is 5.81. The fraction of sp³-hybridized carbons (Fsp3) is 0.588. The van der Waals surface area contributed by atoms with E-state index in [1.54, 1.807) is 0 Å². The molecular weight excluding hydrogens is 387 g/mol. The molecule has 0 radical (unpaired) electrons. The molecule has 0 amide bonds.